The average Bonchev–Trinajstić information content (AvgIpc) is 3.44. The molecule has 3 fully saturated rings. The second-order valence-corrected chi connectivity index (χ2v) is 12.3. The van der Waals surface area contributed by atoms with E-state index in [1.165, 1.54) is 0 Å². The summed E-state index contributed by atoms with van der Waals surface area (Å²) in [6.45, 7) is 5.49. The van der Waals surface area contributed by atoms with Crippen LogP contribution in [0.15, 0.2) is 36.5 Å². The van der Waals surface area contributed by atoms with E-state index < -0.39 is 17.3 Å². The maximum Gasteiger partial charge on any atom is 0.335 e. The highest BCUT2D eigenvalue weighted by Gasteiger charge is 2.58. The zero-order valence-electron chi connectivity index (χ0n) is 23.8. The van der Waals surface area contributed by atoms with E-state index in [1.54, 1.807) is 19.2 Å². The van der Waals surface area contributed by atoms with Crippen molar-refractivity contribution < 1.29 is 28.2 Å². The first-order valence-corrected chi connectivity index (χ1v) is 14.6. The lowest BCUT2D eigenvalue weighted by Crippen LogP contribution is -2.53. The number of anilines is 1. The number of carboxylic acid groups (broad SMARTS) is 1. The van der Waals surface area contributed by atoms with Gasteiger partial charge in [-0.1, -0.05) is 6.07 Å². The molecule has 3 N–H and O–H groups in total. The number of methoxy groups -OCH3 is 1. The van der Waals surface area contributed by atoms with Crippen LogP contribution in [0.3, 0.4) is 0 Å². The van der Waals surface area contributed by atoms with Crippen molar-refractivity contribution in [3.8, 4) is 5.75 Å². The monoisotopic (exact) mass is 567 g/mol. The number of hydrogen-bond acceptors (Lipinski definition) is 5. The standard InChI is InChI=1S/C32H39F2N3O4/c1-20-13-28(40-2)25(23-5-9-35-29(20)23)17-37-10-8-31(18-32(33,34)19-31)15-27(37)24-4-3-22(30(38)39)14-26(24)36-16-21-6-11-41-12-7-21/h3-5,9,13-14,21,27,35-36H,6-8,10-12,15-19H2,1-2H3,(H,38,39)/t27-/m0/s1. The number of hydrogen-bond donors (Lipinski definition) is 3. The fourth-order valence-electron chi connectivity index (χ4n) is 7.36. The van der Waals surface area contributed by atoms with Gasteiger partial charge in [0.25, 0.3) is 0 Å². The molecule has 220 valence electrons. The number of nitrogens with one attached hydrogen (secondary N) is 2. The molecule has 0 bridgehead atoms. The van der Waals surface area contributed by atoms with Crippen molar-refractivity contribution in [2.24, 2.45) is 11.3 Å². The summed E-state index contributed by atoms with van der Waals surface area (Å²) in [6, 6.07) is 9.20. The maximum absolute atomic E-state index is 14.2. The number of rotatable bonds is 8. The summed E-state index contributed by atoms with van der Waals surface area (Å²) in [5.41, 5.74) is 4.77. The van der Waals surface area contributed by atoms with Crippen LogP contribution in [0.4, 0.5) is 14.5 Å². The van der Waals surface area contributed by atoms with Crippen LogP contribution >= 0.6 is 0 Å². The number of ether oxygens (including phenoxy) is 2. The number of fused-ring (bicyclic) bond motifs is 1. The molecule has 2 saturated heterocycles. The van der Waals surface area contributed by atoms with E-state index in [1.807, 2.05) is 18.3 Å². The van der Waals surface area contributed by atoms with E-state index in [-0.39, 0.29) is 24.4 Å². The number of aromatic nitrogens is 1. The molecule has 7 nitrogen and oxygen atoms in total. The third-order valence-electron chi connectivity index (χ3n) is 9.54. The molecule has 1 aliphatic carbocycles. The van der Waals surface area contributed by atoms with Gasteiger partial charge in [-0.25, -0.2) is 13.6 Å². The van der Waals surface area contributed by atoms with Crippen LogP contribution in [0.2, 0.25) is 0 Å². The fraction of sp³-hybridized carbons (Fsp3) is 0.531. The van der Waals surface area contributed by atoms with E-state index >= 15 is 0 Å². The van der Waals surface area contributed by atoms with E-state index in [9.17, 15) is 18.7 Å². The topological polar surface area (TPSA) is 86.8 Å². The van der Waals surface area contributed by atoms with Crippen LogP contribution in [0.5, 0.6) is 5.75 Å². The number of alkyl halides is 2. The Bertz CT molecular complexity index is 1420. The van der Waals surface area contributed by atoms with E-state index in [2.05, 4.69) is 28.2 Å². The molecule has 0 unspecified atom stereocenters. The highest BCUT2D eigenvalue weighted by Crippen LogP contribution is 2.61. The molecule has 2 aromatic carbocycles. The van der Waals surface area contributed by atoms with Crippen molar-refractivity contribution in [1.29, 1.82) is 0 Å². The van der Waals surface area contributed by atoms with Gasteiger partial charge >= 0.3 is 5.97 Å². The number of likely N-dealkylation sites (tertiary alicyclic amines) is 1. The minimum Gasteiger partial charge on any atom is -0.496 e. The number of halogens is 2. The predicted molar refractivity (Wildman–Crippen MR) is 154 cm³/mol. The fourth-order valence-corrected chi connectivity index (χ4v) is 7.36. The Balaban J connectivity index is 1.37. The Morgan fingerprint density at radius 3 is 2.71 bits per heavy atom. The van der Waals surface area contributed by atoms with Crippen molar-refractivity contribution in [3.63, 3.8) is 0 Å². The van der Waals surface area contributed by atoms with Gasteiger partial charge in [-0.2, -0.15) is 0 Å². The molecular formula is C32H39F2N3O4. The van der Waals surface area contributed by atoms with Gasteiger partial charge in [-0.15, -0.1) is 0 Å². The van der Waals surface area contributed by atoms with Gasteiger partial charge in [0, 0.05) is 73.5 Å². The van der Waals surface area contributed by atoms with Gasteiger partial charge in [0.05, 0.1) is 12.7 Å². The van der Waals surface area contributed by atoms with Crippen LogP contribution in [0.1, 0.15) is 71.6 Å². The summed E-state index contributed by atoms with van der Waals surface area (Å²) >= 11 is 0. The predicted octanol–water partition coefficient (Wildman–Crippen LogP) is 6.77. The van der Waals surface area contributed by atoms with E-state index in [0.717, 1.165) is 65.1 Å². The Morgan fingerprint density at radius 1 is 1.22 bits per heavy atom. The number of benzene rings is 2. The molecule has 6 rings (SSSR count). The summed E-state index contributed by atoms with van der Waals surface area (Å²) in [5, 5.41) is 14.4. The lowest BCUT2D eigenvalue weighted by molar-refractivity contribution is -0.186. The molecule has 2 aliphatic heterocycles. The highest BCUT2D eigenvalue weighted by molar-refractivity contribution is 5.89. The van der Waals surface area contributed by atoms with E-state index in [0.29, 0.717) is 38.4 Å². The number of aromatic carboxylic acids is 1. The number of carboxylic acids is 1. The normalized spacial score (nSPS) is 22.5. The maximum atomic E-state index is 14.2. The Hall–Kier alpha value is -3.17. The summed E-state index contributed by atoms with van der Waals surface area (Å²) in [5.74, 6) is -2.35. The third kappa shape index (κ3) is 5.54. The number of aromatic amines is 1. The molecule has 0 radical (unpaired) electrons. The zero-order valence-corrected chi connectivity index (χ0v) is 23.8. The first-order valence-electron chi connectivity index (χ1n) is 14.6. The highest BCUT2D eigenvalue weighted by atomic mass is 19.3. The van der Waals surface area contributed by atoms with Crippen LogP contribution in [0, 0.1) is 18.3 Å². The largest absolute Gasteiger partial charge is 0.496 e. The van der Waals surface area contributed by atoms with Crippen LogP contribution < -0.4 is 10.1 Å². The molecule has 1 atom stereocenters. The molecule has 41 heavy (non-hydrogen) atoms. The molecule has 3 aromatic rings. The number of H-pyrrole nitrogens is 1. The second-order valence-electron chi connectivity index (χ2n) is 12.3. The smallest absolute Gasteiger partial charge is 0.335 e. The van der Waals surface area contributed by atoms with Crippen molar-refractivity contribution in [1.82, 2.24) is 9.88 Å². The minimum atomic E-state index is -2.61. The number of carbonyl (C=O) groups is 1. The van der Waals surface area contributed by atoms with Crippen LogP contribution in [0.25, 0.3) is 10.9 Å². The van der Waals surface area contributed by atoms with Gasteiger partial charge in [0.2, 0.25) is 5.92 Å². The SMILES string of the molecule is COc1cc(C)c2[nH]ccc2c1CN1CCC2(C[C@H]1c1ccc(C(=O)O)cc1NCC1CCOCC1)CC(F)(F)C2. The molecule has 0 amide bonds. The third-order valence-corrected chi connectivity index (χ3v) is 9.54. The molecule has 1 spiro atoms. The minimum absolute atomic E-state index is 0.0850. The zero-order chi connectivity index (χ0) is 28.8. The second kappa shape index (κ2) is 10.9. The first-order chi connectivity index (χ1) is 19.7. The molecule has 3 heterocycles. The Kier molecular flexibility index (Phi) is 7.44. The number of piperidine rings is 1. The average molecular weight is 568 g/mol. The van der Waals surface area contributed by atoms with Crippen molar-refractivity contribution in [2.75, 3.05) is 38.7 Å². The van der Waals surface area contributed by atoms with Crippen LogP contribution in [-0.2, 0) is 11.3 Å². The molecule has 3 aliphatic rings. The van der Waals surface area contributed by atoms with Crippen molar-refractivity contribution in [2.45, 2.75) is 64.0 Å². The van der Waals surface area contributed by atoms with Gasteiger partial charge in [-0.3, -0.25) is 4.90 Å². The number of nitrogens with zero attached hydrogens (tertiary/aromatic N) is 1. The first kappa shape index (κ1) is 28.0. The summed E-state index contributed by atoms with van der Waals surface area (Å²) in [6.07, 6.45) is 4.98. The summed E-state index contributed by atoms with van der Waals surface area (Å²) < 4.78 is 39.8. The van der Waals surface area contributed by atoms with Gasteiger partial charge in [0.15, 0.2) is 0 Å². The van der Waals surface area contributed by atoms with Gasteiger partial charge in [-0.05, 0) is 85.9 Å². The number of aryl methyl sites for hydroxylation is 1. The van der Waals surface area contributed by atoms with Gasteiger partial charge < -0.3 is 24.9 Å². The van der Waals surface area contributed by atoms with Crippen molar-refractivity contribution in [3.05, 3.63) is 58.8 Å². The molecular weight excluding hydrogens is 528 g/mol. The molecule has 1 aromatic heterocycles. The Labute approximate surface area is 239 Å². The van der Waals surface area contributed by atoms with Crippen LogP contribution in [-0.4, -0.2) is 60.3 Å². The summed E-state index contributed by atoms with van der Waals surface area (Å²) in [7, 11) is 1.68. The lowest BCUT2D eigenvalue weighted by atomic mass is 9.58. The van der Waals surface area contributed by atoms with Crippen molar-refractivity contribution >= 4 is 22.6 Å². The quantitative estimate of drug-likeness (QED) is 0.278. The lowest BCUT2D eigenvalue weighted by Gasteiger charge is -2.55. The molecule has 1 saturated carbocycles. The van der Waals surface area contributed by atoms with E-state index in [4.69, 9.17) is 9.47 Å². The Morgan fingerprint density at radius 2 is 2.00 bits per heavy atom. The van der Waals surface area contributed by atoms with Gasteiger partial charge in [0.1, 0.15) is 5.75 Å². The molecule has 9 heteroatoms. The summed E-state index contributed by atoms with van der Waals surface area (Å²) in [4.78, 5) is 17.6.